The quantitative estimate of drug-likeness (QED) is 0.0243. The number of phosphoric ester groups is 1. The van der Waals surface area contributed by atoms with Gasteiger partial charge in [-0.15, -0.1) is 0 Å². The lowest BCUT2D eigenvalue weighted by molar-refractivity contribution is -0.870. The van der Waals surface area contributed by atoms with Gasteiger partial charge < -0.3 is 19.8 Å². The summed E-state index contributed by atoms with van der Waals surface area (Å²) in [4.78, 5) is 23.5. The molecular weight excluding hydrogens is 1120 g/mol. The Labute approximate surface area is 553 Å². The summed E-state index contributed by atoms with van der Waals surface area (Å²) in [6.45, 7) is 4.72. The van der Waals surface area contributed by atoms with Gasteiger partial charge in [0.25, 0.3) is 0 Å². The molecule has 0 aliphatic carbocycles. The van der Waals surface area contributed by atoms with E-state index in [1.165, 1.54) is 257 Å². The largest absolute Gasteiger partial charge is 0.472 e. The summed E-state index contributed by atoms with van der Waals surface area (Å²) < 4.78 is 23.8. The second-order valence-corrected chi connectivity index (χ2v) is 28.4. The zero-order valence-electron chi connectivity index (χ0n) is 59.4. The zero-order chi connectivity index (χ0) is 64.8. The lowest BCUT2D eigenvalue weighted by Crippen LogP contribution is -2.45. The summed E-state index contributed by atoms with van der Waals surface area (Å²) in [7, 11) is 1.56. The first-order valence-corrected chi connectivity index (χ1v) is 39.6. The van der Waals surface area contributed by atoms with Crippen molar-refractivity contribution in [1.29, 1.82) is 0 Å². The molecule has 1 amide bonds. The minimum Gasteiger partial charge on any atom is -0.387 e. The highest BCUT2D eigenvalue weighted by Gasteiger charge is 2.28. The smallest absolute Gasteiger partial charge is 0.387 e. The number of nitrogens with zero attached hydrogens (tertiary/aromatic N) is 1. The van der Waals surface area contributed by atoms with Crippen molar-refractivity contribution >= 4 is 13.7 Å². The predicted octanol–water partition coefficient (Wildman–Crippen LogP) is 24.8. The van der Waals surface area contributed by atoms with Gasteiger partial charge in [-0.1, -0.05) is 361 Å². The lowest BCUT2D eigenvalue weighted by atomic mass is 10.0. The first kappa shape index (κ1) is 86.4. The minimum absolute atomic E-state index is 0.0540. The second-order valence-electron chi connectivity index (χ2n) is 27.0. The normalized spacial score (nSPS) is 14.1. The molecule has 0 saturated heterocycles. The van der Waals surface area contributed by atoms with E-state index in [1.807, 2.05) is 27.2 Å². The molecule has 0 heterocycles. The molecule has 0 aromatic carbocycles. The van der Waals surface area contributed by atoms with Gasteiger partial charge in [-0.25, -0.2) is 4.57 Å². The van der Waals surface area contributed by atoms with Crippen LogP contribution in [-0.4, -0.2) is 73.4 Å². The summed E-state index contributed by atoms with van der Waals surface area (Å²) in [6, 6.07) is -0.870. The van der Waals surface area contributed by atoms with Gasteiger partial charge in [0.1, 0.15) is 13.2 Å². The van der Waals surface area contributed by atoms with E-state index < -0.39 is 20.0 Å². The fraction of sp³-hybridized carbons (Fsp3) is 0.787. The fourth-order valence-corrected chi connectivity index (χ4v) is 11.9. The number of carbonyl (C=O) groups is 1. The Morgan fingerprint density at radius 3 is 1.03 bits per heavy atom. The molecule has 0 bridgehead atoms. The van der Waals surface area contributed by atoms with Crippen LogP contribution in [0.3, 0.4) is 0 Å². The Kier molecular flexibility index (Phi) is 67.7. The van der Waals surface area contributed by atoms with Gasteiger partial charge in [0.2, 0.25) is 5.91 Å². The van der Waals surface area contributed by atoms with Crippen LogP contribution in [0.1, 0.15) is 354 Å². The van der Waals surface area contributed by atoms with Crippen LogP contribution < -0.4 is 5.32 Å². The zero-order valence-corrected chi connectivity index (χ0v) is 60.3. The first-order valence-electron chi connectivity index (χ1n) is 38.1. The Morgan fingerprint density at radius 2 is 0.685 bits per heavy atom. The molecule has 3 atom stereocenters. The number of nitrogens with one attached hydrogen (secondary N) is 1. The van der Waals surface area contributed by atoms with Crippen molar-refractivity contribution in [2.45, 2.75) is 366 Å². The number of hydrogen-bond acceptors (Lipinski definition) is 5. The van der Waals surface area contributed by atoms with Crippen molar-refractivity contribution in [1.82, 2.24) is 5.32 Å². The number of phosphoric acid groups is 1. The van der Waals surface area contributed by atoms with Crippen LogP contribution in [0.2, 0.25) is 0 Å². The van der Waals surface area contributed by atoms with Crippen LogP contribution in [0.15, 0.2) is 97.2 Å². The topological polar surface area (TPSA) is 105 Å². The van der Waals surface area contributed by atoms with Gasteiger partial charge in [0, 0.05) is 6.42 Å². The second kappa shape index (κ2) is 69.8. The molecule has 89 heavy (non-hydrogen) atoms. The Morgan fingerprint density at radius 1 is 0.393 bits per heavy atom. The predicted molar refractivity (Wildman–Crippen MR) is 392 cm³/mol. The highest BCUT2D eigenvalue weighted by Crippen LogP contribution is 2.43. The average molecular weight is 1270 g/mol. The van der Waals surface area contributed by atoms with Crippen molar-refractivity contribution < 1.29 is 32.9 Å². The number of hydrogen-bond donors (Lipinski definition) is 3. The Balaban J connectivity index is 4.05. The third-order valence-corrected chi connectivity index (χ3v) is 18.0. The van der Waals surface area contributed by atoms with Gasteiger partial charge in [0.15, 0.2) is 0 Å². The van der Waals surface area contributed by atoms with E-state index in [-0.39, 0.29) is 19.1 Å². The number of aliphatic hydroxyl groups excluding tert-OH is 1. The standard InChI is InChI=1S/C80H147N2O6P/c1-6-8-10-12-14-16-18-20-22-24-26-28-30-32-34-36-38-40-41-42-44-46-48-50-52-54-56-58-60-62-64-66-68-70-72-74-80(84)81-78(77-88-89(85,86)87-76-75-82(3,4)5)79(83)73-71-69-67-65-63-61-59-57-55-53-51-49-47-45-43-39-37-35-33-31-29-27-25-23-21-19-17-15-13-11-9-7-2/h8,10,14,16,20,22,26,28,32,34,38,40,63,65,71,73,78-79,83H,6-7,9,11-13,15,17-19,21,23-25,27,29-31,33,35-37,39,41-62,64,66-70,72,74-77H2,1-5H3,(H-,81,84,85,86)/p+1/b10-8-,16-14-,22-20-,28-26-,34-32-,40-38-,65-63+,73-71+. The van der Waals surface area contributed by atoms with E-state index in [9.17, 15) is 19.4 Å². The molecule has 0 aromatic heterocycles. The summed E-state index contributed by atoms with van der Waals surface area (Å²) >= 11 is 0. The maximum absolute atomic E-state index is 13.1. The van der Waals surface area contributed by atoms with Crippen molar-refractivity contribution in [3.8, 4) is 0 Å². The van der Waals surface area contributed by atoms with Gasteiger partial charge >= 0.3 is 7.82 Å². The number of likely N-dealkylation sites (N-methyl/N-ethyl adjacent to an activating group) is 1. The number of quaternary nitrogens is 1. The summed E-state index contributed by atoms with van der Waals surface area (Å²) in [5.74, 6) is -0.185. The van der Waals surface area contributed by atoms with Crippen LogP contribution in [-0.2, 0) is 18.4 Å². The fourth-order valence-electron chi connectivity index (χ4n) is 11.2. The molecule has 3 unspecified atom stereocenters. The van der Waals surface area contributed by atoms with Crippen LogP contribution in [0.25, 0.3) is 0 Å². The van der Waals surface area contributed by atoms with Gasteiger partial charge in [-0.05, 0) is 83.5 Å². The van der Waals surface area contributed by atoms with Gasteiger partial charge in [-0.3, -0.25) is 13.8 Å². The maximum Gasteiger partial charge on any atom is 0.472 e. The van der Waals surface area contributed by atoms with E-state index in [2.05, 4.69) is 104 Å². The average Bonchev–Trinajstić information content (AvgIpc) is 3.64. The minimum atomic E-state index is -4.37. The molecule has 0 spiro atoms. The van der Waals surface area contributed by atoms with E-state index in [0.29, 0.717) is 17.4 Å². The molecule has 0 radical (unpaired) electrons. The summed E-state index contributed by atoms with van der Waals surface area (Å²) in [5, 5.41) is 14.0. The number of allylic oxidation sites excluding steroid dienone is 15. The number of rotatable bonds is 70. The monoisotopic (exact) mass is 1260 g/mol. The van der Waals surface area contributed by atoms with E-state index in [1.54, 1.807) is 6.08 Å². The molecule has 0 aromatic rings. The van der Waals surface area contributed by atoms with Crippen molar-refractivity contribution in [3.05, 3.63) is 97.2 Å². The number of aliphatic hydroxyl groups is 1. The van der Waals surface area contributed by atoms with Crippen molar-refractivity contribution in [2.75, 3.05) is 40.9 Å². The maximum atomic E-state index is 13.1. The third kappa shape index (κ3) is 72.7. The third-order valence-electron chi connectivity index (χ3n) is 17.0. The summed E-state index contributed by atoms with van der Waals surface area (Å²) in [5.41, 5.74) is 0. The highest BCUT2D eigenvalue weighted by molar-refractivity contribution is 7.47. The molecule has 8 nitrogen and oxygen atoms in total. The number of amides is 1. The van der Waals surface area contributed by atoms with Gasteiger partial charge in [-0.2, -0.15) is 0 Å². The van der Waals surface area contributed by atoms with Crippen LogP contribution in [0.5, 0.6) is 0 Å². The number of unbranched alkanes of at least 4 members (excludes halogenated alkanes) is 43. The van der Waals surface area contributed by atoms with Gasteiger partial charge in [0.05, 0.1) is 39.9 Å². The van der Waals surface area contributed by atoms with Crippen LogP contribution in [0.4, 0.5) is 0 Å². The van der Waals surface area contributed by atoms with Crippen LogP contribution >= 0.6 is 7.82 Å². The SMILES string of the molecule is CC/C=C\C/C=C\C/C=C\C/C=C\C/C=C\C/C=C\CCCCCCCCCCCCCCCCCCC(=O)NC(COP(=O)(O)OCC[N+](C)(C)C)C(O)/C=C/CC/C=C/CCCCCCCCCCCCCCCCCCCCCCCCCCCC. The van der Waals surface area contributed by atoms with Crippen molar-refractivity contribution in [3.63, 3.8) is 0 Å². The highest BCUT2D eigenvalue weighted by atomic mass is 31.2. The molecule has 518 valence electrons. The number of carbonyl (C=O) groups excluding carboxylic acids is 1. The molecule has 0 fully saturated rings. The molecular formula is C80H148N2O6P+. The Bertz CT molecular complexity index is 1780. The molecule has 3 N–H and O–H groups in total. The van der Waals surface area contributed by atoms with Crippen molar-refractivity contribution in [2.24, 2.45) is 0 Å². The van der Waals surface area contributed by atoms with Crippen LogP contribution in [0, 0.1) is 0 Å². The molecule has 0 aliphatic rings. The van der Waals surface area contributed by atoms with E-state index in [0.717, 1.165) is 77.0 Å². The lowest BCUT2D eigenvalue weighted by Gasteiger charge is -2.25. The first-order chi connectivity index (χ1) is 43.5. The molecule has 9 heteroatoms. The molecule has 0 saturated carbocycles. The summed E-state index contributed by atoms with van der Waals surface area (Å²) in [6.07, 6.45) is 102. The molecule has 0 rings (SSSR count). The van der Waals surface area contributed by atoms with E-state index in [4.69, 9.17) is 9.05 Å². The van der Waals surface area contributed by atoms with E-state index >= 15 is 0 Å². The molecule has 0 aliphatic heterocycles. The Hall–Kier alpha value is -2.58.